The number of nitrogens with one attached hydrogen (secondary N) is 1. The molecule has 6 nitrogen and oxygen atoms in total. The van der Waals surface area contributed by atoms with E-state index in [-0.39, 0.29) is 17.0 Å². The Kier molecular flexibility index (Phi) is 5.81. The van der Waals surface area contributed by atoms with E-state index in [0.717, 1.165) is 17.3 Å². The molecule has 0 radical (unpaired) electrons. The molecule has 2 amide bonds. The average molecular weight is 334 g/mol. The summed E-state index contributed by atoms with van der Waals surface area (Å²) in [5, 5.41) is 2.80. The standard InChI is InChI=1S/C16H18N2O4S/c1-4-21-12-7-6-11(13(9-12)22-5-2)8-14-15(20)18-16(23-14)17-10(3)19/h6-9H,4-5H2,1-3H3,(H,17,18,19,20)/b14-8-. The number of amidine groups is 1. The number of thioether (sulfide) groups is 1. The minimum Gasteiger partial charge on any atom is -0.494 e. The fraction of sp³-hybridized carbons (Fsp3) is 0.312. The first kappa shape index (κ1) is 17.1. The van der Waals surface area contributed by atoms with Crippen LogP contribution >= 0.6 is 11.8 Å². The smallest absolute Gasteiger partial charge is 0.286 e. The second-order valence-corrected chi connectivity index (χ2v) is 5.61. The van der Waals surface area contributed by atoms with Gasteiger partial charge in [-0.25, -0.2) is 0 Å². The summed E-state index contributed by atoms with van der Waals surface area (Å²) >= 11 is 1.13. The molecule has 0 spiro atoms. The summed E-state index contributed by atoms with van der Waals surface area (Å²) in [4.78, 5) is 27.2. The van der Waals surface area contributed by atoms with E-state index in [1.807, 2.05) is 26.0 Å². The quantitative estimate of drug-likeness (QED) is 0.838. The number of hydrogen-bond acceptors (Lipinski definition) is 5. The van der Waals surface area contributed by atoms with Gasteiger partial charge in [0.05, 0.1) is 18.1 Å². The minimum absolute atomic E-state index is 0.263. The summed E-state index contributed by atoms with van der Waals surface area (Å²) < 4.78 is 11.1. The molecule has 1 aliphatic rings. The highest BCUT2D eigenvalue weighted by Crippen LogP contribution is 2.32. The van der Waals surface area contributed by atoms with Gasteiger partial charge in [-0.1, -0.05) is 0 Å². The number of carbonyl (C=O) groups is 2. The minimum atomic E-state index is -0.380. The lowest BCUT2D eigenvalue weighted by Gasteiger charge is -2.10. The number of ether oxygens (including phenoxy) is 2. The number of rotatable bonds is 5. The Hall–Kier alpha value is -2.28. The van der Waals surface area contributed by atoms with Crippen molar-refractivity contribution in [3.63, 3.8) is 0 Å². The van der Waals surface area contributed by atoms with E-state index in [1.54, 1.807) is 12.1 Å². The molecule has 1 N–H and O–H groups in total. The van der Waals surface area contributed by atoms with Crippen LogP contribution in [0.25, 0.3) is 6.08 Å². The van der Waals surface area contributed by atoms with Crippen molar-refractivity contribution in [2.45, 2.75) is 20.8 Å². The van der Waals surface area contributed by atoms with Crippen LogP contribution < -0.4 is 14.8 Å². The third kappa shape index (κ3) is 4.59. The van der Waals surface area contributed by atoms with Crippen molar-refractivity contribution in [3.05, 3.63) is 28.7 Å². The molecule has 122 valence electrons. The first-order chi connectivity index (χ1) is 11.0. The second kappa shape index (κ2) is 7.82. The fourth-order valence-corrected chi connectivity index (χ4v) is 2.78. The average Bonchev–Trinajstić information content (AvgIpc) is 2.81. The molecule has 0 aliphatic carbocycles. The van der Waals surface area contributed by atoms with Gasteiger partial charge in [-0.05, 0) is 43.8 Å². The van der Waals surface area contributed by atoms with Crippen LogP contribution in [0.2, 0.25) is 0 Å². The third-order valence-electron chi connectivity index (χ3n) is 2.79. The molecule has 1 aliphatic heterocycles. The van der Waals surface area contributed by atoms with E-state index in [1.165, 1.54) is 6.92 Å². The molecule has 7 heteroatoms. The molecule has 2 rings (SSSR count). The summed E-state index contributed by atoms with van der Waals surface area (Å²) in [6, 6.07) is 5.43. The normalized spacial score (nSPS) is 15.5. The van der Waals surface area contributed by atoms with Gasteiger partial charge in [-0.2, -0.15) is 4.99 Å². The highest BCUT2D eigenvalue weighted by molar-refractivity contribution is 8.18. The highest BCUT2D eigenvalue weighted by atomic mass is 32.2. The third-order valence-corrected chi connectivity index (χ3v) is 3.69. The van der Waals surface area contributed by atoms with E-state index in [9.17, 15) is 9.59 Å². The van der Waals surface area contributed by atoms with Crippen molar-refractivity contribution < 1.29 is 19.1 Å². The van der Waals surface area contributed by atoms with Gasteiger partial charge < -0.3 is 14.8 Å². The maximum absolute atomic E-state index is 11.9. The Morgan fingerprint density at radius 3 is 2.70 bits per heavy atom. The lowest BCUT2D eigenvalue weighted by Crippen LogP contribution is -2.23. The zero-order valence-electron chi connectivity index (χ0n) is 13.2. The van der Waals surface area contributed by atoms with Crippen molar-refractivity contribution >= 4 is 34.8 Å². The number of aliphatic imine (C=N–C) groups is 1. The van der Waals surface area contributed by atoms with Gasteiger partial charge in [0.15, 0.2) is 5.17 Å². The molecule has 1 aromatic carbocycles. The summed E-state index contributed by atoms with van der Waals surface area (Å²) in [6.45, 7) is 6.23. The fourth-order valence-electron chi connectivity index (χ4n) is 1.93. The summed E-state index contributed by atoms with van der Waals surface area (Å²) in [7, 11) is 0. The van der Waals surface area contributed by atoms with Crippen LogP contribution in [0.4, 0.5) is 0 Å². The van der Waals surface area contributed by atoms with Crippen LogP contribution in [-0.2, 0) is 9.59 Å². The molecular weight excluding hydrogens is 316 g/mol. The van der Waals surface area contributed by atoms with Crippen molar-refractivity contribution in [3.8, 4) is 11.5 Å². The van der Waals surface area contributed by atoms with Crippen LogP contribution in [0.5, 0.6) is 11.5 Å². The number of nitrogens with zero attached hydrogens (tertiary/aromatic N) is 1. The summed E-state index contributed by atoms with van der Waals surface area (Å²) in [6.07, 6.45) is 1.70. The van der Waals surface area contributed by atoms with Crippen LogP contribution in [0.15, 0.2) is 28.1 Å². The number of benzene rings is 1. The molecule has 1 heterocycles. The molecule has 0 fully saturated rings. The number of hydrogen-bond donors (Lipinski definition) is 1. The van der Waals surface area contributed by atoms with E-state index in [0.29, 0.717) is 29.6 Å². The number of carbonyl (C=O) groups excluding carboxylic acids is 2. The molecular formula is C16H18N2O4S. The van der Waals surface area contributed by atoms with E-state index >= 15 is 0 Å². The lowest BCUT2D eigenvalue weighted by molar-refractivity contribution is -0.117. The Labute approximate surface area is 139 Å². The summed E-state index contributed by atoms with van der Waals surface area (Å²) in [5.41, 5.74) is 0.755. The maximum Gasteiger partial charge on any atom is 0.286 e. The van der Waals surface area contributed by atoms with Crippen molar-refractivity contribution in [1.82, 2.24) is 5.32 Å². The lowest BCUT2D eigenvalue weighted by atomic mass is 10.1. The monoisotopic (exact) mass is 334 g/mol. The first-order valence-corrected chi connectivity index (χ1v) is 8.05. The molecule has 0 unspecified atom stereocenters. The largest absolute Gasteiger partial charge is 0.494 e. The van der Waals surface area contributed by atoms with Gasteiger partial charge >= 0.3 is 0 Å². The maximum atomic E-state index is 11.9. The van der Waals surface area contributed by atoms with Crippen molar-refractivity contribution in [2.24, 2.45) is 4.99 Å². The van der Waals surface area contributed by atoms with E-state index in [2.05, 4.69) is 10.3 Å². The van der Waals surface area contributed by atoms with E-state index in [4.69, 9.17) is 9.47 Å². The van der Waals surface area contributed by atoms with Gasteiger partial charge in [0.1, 0.15) is 11.5 Å². The molecule has 0 aromatic heterocycles. The van der Waals surface area contributed by atoms with Crippen molar-refractivity contribution in [2.75, 3.05) is 13.2 Å². The Morgan fingerprint density at radius 1 is 1.30 bits per heavy atom. The van der Waals surface area contributed by atoms with Crippen LogP contribution in [-0.4, -0.2) is 30.2 Å². The molecule has 0 saturated carbocycles. The molecule has 0 bridgehead atoms. The summed E-state index contributed by atoms with van der Waals surface area (Å²) in [5.74, 6) is 0.697. The van der Waals surface area contributed by atoms with Gasteiger partial charge in [0.2, 0.25) is 5.91 Å². The number of amides is 2. The SMILES string of the molecule is CCOc1ccc(/C=C2\SC(NC(C)=O)=NC2=O)c(OCC)c1. The Morgan fingerprint density at radius 2 is 2.04 bits per heavy atom. The Bertz CT molecular complexity index is 683. The van der Waals surface area contributed by atoms with Crippen LogP contribution in [0, 0.1) is 0 Å². The Balaban J connectivity index is 2.25. The second-order valence-electron chi connectivity index (χ2n) is 4.58. The predicted molar refractivity (Wildman–Crippen MR) is 90.6 cm³/mol. The topological polar surface area (TPSA) is 77.0 Å². The first-order valence-electron chi connectivity index (χ1n) is 7.23. The van der Waals surface area contributed by atoms with Gasteiger partial charge in [0.25, 0.3) is 5.91 Å². The van der Waals surface area contributed by atoms with E-state index < -0.39 is 0 Å². The zero-order valence-corrected chi connectivity index (χ0v) is 14.0. The predicted octanol–water partition coefficient (Wildman–Crippen LogP) is 2.59. The van der Waals surface area contributed by atoms with Crippen LogP contribution in [0.3, 0.4) is 0 Å². The van der Waals surface area contributed by atoms with Gasteiger partial charge in [-0.15, -0.1) is 0 Å². The van der Waals surface area contributed by atoms with Gasteiger partial charge in [0, 0.05) is 18.6 Å². The molecule has 1 aromatic rings. The van der Waals surface area contributed by atoms with Crippen LogP contribution in [0.1, 0.15) is 26.3 Å². The molecule has 23 heavy (non-hydrogen) atoms. The zero-order chi connectivity index (χ0) is 16.8. The van der Waals surface area contributed by atoms with Crippen molar-refractivity contribution in [1.29, 1.82) is 0 Å². The van der Waals surface area contributed by atoms with Gasteiger partial charge in [-0.3, -0.25) is 9.59 Å². The molecule has 0 saturated heterocycles. The molecule has 0 atom stereocenters. The highest BCUT2D eigenvalue weighted by Gasteiger charge is 2.23.